The van der Waals surface area contributed by atoms with Crippen molar-refractivity contribution >= 4 is 46.8 Å². The number of aromatic nitrogens is 2. The standard InChI is InChI=1S/C51H60N8O9S/c1-29-44(69-28-54-29)32-13-11-30(12-14-32)26-53-48(65)40-24-35(60)27-59(40)50(67)45(51(2,3)4)56-43(62)10-8-7-9-21-52-46(63)34-16-15-31-18-20-38(37(31)22-34)55-47(64)39-25-42(68-57-39)33-17-19-36(41(61)23-33)49(66)58(5)6/h11-17,19,22-23,25,28,35,38,40,45,60-61H,7-10,18,20-21,24,26-27H2,1-6H3,(H,52,63)(H,53,65)(H,55,64)(H,56,62)/t35-,38-,40+,45-/m1/s1. The van der Waals surface area contributed by atoms with Crippen LogP contribution in [0.4, 0.5) is 0 Å². The van der Waals surface area contributed by atoms with E-state index < -0.39 is 35.4 Å². The number of benzene rings is 3. The van der Waals surface area contributed by atoms with Gasteiger partial charge in [-0.15, -0.1) is 11.3 Å². The number of rotatable bonds is 17. The molecular formula is C51H60N8O9S. The molecule has 1 aliphatic carbocycles. The number of unbranched alkanes of at least 4 members (excludes halogenated alkanes) is 2. The van der Waals surface area contributed by atoms with E-state index in [1.165, 1.54) is 28.0 Å². The highest BCUT2D eigenvalue weighted by Crippen LogP contribution is 2.34. The number of phenolic OH excluding ortho intramolecular Hbond substituents is 1. The van der Waals surface area contributed by atoms with Crippen molar-refractivity contribution in [3.8, 4) is 27.5 Å². The maximum Gasteiger partial charge on any atom is 0.273 e. The molecule has 6 N–H and O–H groups in total. The lowest BCUT2D eigenvalue weighted by atomic mass is 9.85. The summed E-state index contributed by atoms with van der Waals surface area (Å²) in [5.41, 5.74) is 6.92. The second-order valence-electron chi connectivity index (χ2n) is 19.0. The monoisotopic (exact) mass is 960 g/mol. The second-order valence-corrected chi connectivity index (χ2v) is 19.9. The van der Waals surface area contributed by atoms with Crippen molar-refractivity contribution in [3.05, 3.63) is 111 Å². The summed E-state index contributed by atoms with van der Waals surface area (Å²) in [6.45, 7) is 8.10. The minimum Gasteiger partial charge on any atom is -0.507 e. The Morgan fingerprint density at radius 2 is 1.68 bits per heavy atom. The van der Waals surface area contributed by atoms with Gasteiger partial charge in [-0.2, -0.15) is 0 Å². The molecule has 18 heteroatoms. The van der Waals surface area contributed by atoms with Crippen LogP contribution in [0.15, 0.2) is 76.8 Å². The minimum absolute atomic E-state index is 0.0180. The lowest BCUT2D eigenvalue weighted by molar-refractivity contribution is -0.144. The van der Waals surface area contributed by atoms with E-state index in [9.17, 15) is 39.0 Å². The number of nitrogens with zero attached hydrogens (tertiary/aromatic N) is 4. The highest BCUT2D eigenvalue weighted by Gasteiger charge is 2.44. The van der Waals surface area contributed by atoms with Crippen molar-refractivity contribution in [2.24, 2.45) is 5.41 Å². The average Bonchev–Trinajstić information content (AvgIpc) is 4.15. The van der Waals surface area contributed by atoms with E-state index in [1.54, 1.807) is 49.1 Å². The number of aliphatic hydroxyl groups is 1. The fourth-order valence-corrected chi connectivity index (χ4v) is 9.47. The van der Waals surface area contributed by atoms with Crippen molar-refractivity contribution in [2.75, 3.05) is 27.2 Å². The highest BCUT2D eigenvalue weighted by atomic mass is 32.1. The number of carbonyl (C=O) groups is 6. The normalized spacial score (nSPS) is 16.9. The van der Waals surface area contributed by atoms with Crippen LogP contribution in [0.1, 0.15) is 119 Å². The van der Waals surface area contributed by atoms with Crippen LogP contribution in [0.5, 0.6) is 5.75 Å². The smallest absolute Gasteiger partial charge is 0.273 e. The van der Waals surface area contributed by atoms with Crippen LogP contribution in [0, 0.1) is 12.3 Å². The summed E-state index contributed by atoms with van der Waals surface area (Å²) < 4.78 is 5.40. The van der Waals surface area contributed by atoms with E-state index in [0.29, 0.717) is 49.8 Å². The maximum absolute atomic E-state index is 14.0. The van der Waals surface area contributed by atoms with Gasteiger partial charge in [-0.25, -0.2) is 4.98 Å². The molecule has 1 saturated heterocycles. The third-order valence-electron chi connectivity index (χ3n) is 12.5. The zero-order valence-corrected chi connectivity index (χ0v) is 40.6. The van der Waals surface area contributed by atoms with Crippen molar-refractivity contribution < 1.29 is 43.5 Å². The molecule has 364 valence electrons. The van der Waals surface area contributed by atoms with Gasteiger partial charge in [0.2, 0.25) is 17.7 Å². The summed E-state index contributed by atoms with van der Waals surface area (Å²) in [5.74, 6) is -2.18. The van der Waals surface area contributed by atoms with Gasteiger partial charge in [0.15, 0.2) is 11.5 Å². The van der Waals surface area contributed by atoms with Gasteiger partial charge in [0.05, 0.1) is 33.8 Å². The molecule has 0 unspecified atom stereocenters. The zero-order valence-electron chi connectivity index (χ0n) is 39.8. The number of aliphatic hydroxyl groups excluding tert-OH is 1. The Hall–Kier alpha value is -6.92. The molecular weight excluding hydrogens is 901 g/mol. The highest BCUT2D eigenvalue weighted by molar-refractivity contribution is 7.13. The molecule has 0 saturated carbocycles. The minimum atomic E-state index is -0.934. The van der Waals surface area contributed by atoms with Crippen LogP contribution in [0.25, 0.3) is 21.8 Å². The molecule has 1 aliphatic heterocycles. The third-order valence-corrected chi connectivity index (χ3v) is 13.5. The Bertz CT molecular complexity index is 2710. The quantitative estimate of drug-likeness (QED) is 0.0619. The van der Waals surface area contributed by atoms with Gasteiger partial charge in [0.25, 0.3) is 17.7 Å². The first kappa shape index (κ1) is 50.0. The Balaban J connectivity index is 0.844. The number of fused-ring (bicyclic) bond motifs is 1. The van der Waals surface area contributed by atoms with E-state index in [-0.39, 0.29) is 78.4 Å². The number of carbonyl (C=O) groups excluding carboxylic acids is 6. The summed E-state index contributed by atoms with van der Waals surface area (Å²) in [6.07, 6.45) is 2.49. The topological polar surface area (TPSA) is 236 Å². The van der Waals surface area contributed by atoms with E-state index in [0.717, 1.165) is 32.8 Å². The van der Waals surface area contributed by atoms with E-state index in [2.05, 4.69) is 31.4 Å². The van der Waals surface area contributed by atoms with Gasteiger partial charge in [-0.1, -0.05) is 68.7 Å². The molecule has 17 nitrogen and oxygen atoms in total. The van der Waals surface area contributed by atoms with E-state index in [4.69, 9.17) is 4.52 Å². The summed E-state index contributed by atoms with van der Waals surface area (Å²) >= 11 is 1.57. The number of amides is 6. The predicted molar refractivity (Wildman–Crippen MR) is 259 cm³/mol. The number of hydrogen-bond donors (Lipinski definition) is 6. The molecule has 4 atom stereocenters. The fraction of sp³-hybridized carbons (Fsp3) is 0.412. The van der Waals surface area contributed by atoms with Gasteiger partial charge < -0.3 is 45.8 Å². The Labute approximate surface area is 405 Å². The third kappa shape index (κ3) is 12.0. The molecule has 0 spiro atoms. The molecule has 2 aromatic heterocycles. The zero-order chi connectivity index (χ0) is 49.6. The van der Waals surface area contributed by atoms with Gasteiger partial charge >= 0.3 is 0 Å². The van der Waals surface area contributed by atoms with Gasteiger partial charge in [-0.05, 0) is 84.5 Å². The van der Waals surface area contributed by atoms with Crippen molar-refractivity contribution in [3.63, 3.8) is 0 Å². The molecule has 6 amide bonds. The van der Waals surface area contributed by atoms with Crippen LogP contribution in [0.3, 0.4) is 0 Å². The first-order valence-electron chi connectivity index (χ1n) is 23.2. The molecule has 3 aromatic carbocycles. The number of hydrogen-bond acceptors (Lipinski definition) is 12. The van der Waals surface area contributed by atoms with Crippen molar-refractivity contribution in [2.45, 2.75) is 103 Å². The summed E-state index contributed by atoms with van der Waals surface area (Å²) in [4.78, 5) is 87.7. The number of nitrogens with one attached hydrogen (secondary N) is 4. The largest absolute Gasteiger partial charge is 0.507 e. The van der Waals surface area contributed by atoms with Crippen LogP contribution in [-0.4, -0.2) is 111 Å². The first-order chi connectivity index (χ1) is 32.9. The molecule has 0 bridgehead atoms. The lowest BCUT2D eigenvalue weighted by Gasteiger charge is -2.35. The number of aromatic hydroxyl groups is 1. The second kappa shape index (κ2) is 21.6. The van der Waals surface area contributed by atoms with Crippen molar-refractivity contribution in [1.82, 2.24) is 41.2 Å². The van der Waals surface area contributed by atoms with Crippen molar-refractivity contribution in [1.29, 1.82) is 0 Å². The summed E-state index contributed by atoms with van der Waals surface area (Å²) in [6, 6.07) is 17.0. The van der Waals surface area contributed by atoms with Gasteiger partial charge in [0, 0.05) is 63.8 Å². The van der Waals surface area contributed by atoms with E-state index in [1.807, 2.05) is 58.0 Å². The van der Waals surface area contributed by atoms with Crippen LogP contribution in [0.2, 0.25) is 0 Å². The number of β-amino-alcohol motifs (C(OH)–C–C–N with tert-alkyl or cyclic N) is 1. The number of likely N-dealkylation sites (tertiary alicyclic amines) is 1. The Kier molecular flexibility index (Phi) is 15.6. The molecule has 0 radical (unpaired) electrons. The number of aryl methyl sites for hydroxylation is 2. The number of thiazole rings is 1. The molecule has 5 aromatic rings. The summed E-state index contributed by atoms with van der Waals surface area (Å²) in [7, 11) is 3.17. The fourth-order valence-electron chi connectivity index (χ4n) is 8.66. The molecule has 1 fully saturated rings. The van der Waals surface area contributed by atoms with Crippen LogP contribution >= 0.6 is 11.3 Å². The molecule has 69 heavy (non-hydrogen) atoms. The van der Waals surface area contributed by atoms with Gasteiger partial charge in [-0.3, -0.25) is 28.8 Å². The SMILES string of the molecule is Cc1ncsc1-c1ccc(CNC(=O)[C@@H]2C[C@@H](O)CN2C(=O)[C@@H](NC(=O)CCCCCNC(=O)c2ccc3c(c2)[C@H](NC(=O)c2cc(-c4ccc(C(=O)N(C)C)c(O)c4)on2)CC3)C(C)(C)C)cc1. The Morgan fingerprint density at radius 3 is 2.38 bits per heavy atom. The molecule has 7 rings (SSSR count). The average molecular weight is 961 g/mol. The lowest BCUT2D eigenvalue weighted by Crippen LogP contribution is -2.57. The summed E-state index contributed by atoms with van der Waals surface area (Å²) in [5, 5.41) is 36.7. The van der Waals surface area contributed by atoms with Crippen LogP contribution < -0.4 is 21.3 Å². The first-order valence-corrected chi connectivity index (χ1v) is 24.0. The maximum atomic E-state index is 14.0. The molecule has 2 aliphatic rings. The van der Waals surface area contributed by atoms with Gasteiger partial charge in [0.1, 0.15) is 17.8 Å². The predicted octanol–water partition coefficient (Wildman–Crippen LogP) is 5.70. The molecule has 3 heterocycles. The van der Waals surface area contributed by atoms with E-state index >= 15 is 0 Å². The Morgan fingerprint density at radius 1 is 0.928 bits per heavy atom. The number of phenols is 1. The van der Waals surface area contributed by atoms with Crippen LogP contribution in [-0.2, 0) is 27.3 Å².